The van der Waals surface area contributed by atoms with Gasteiger partial charge < -0.3 is 24.4 Å². The zero-order valence-corrected chi connectivity index (χ0v) is 32.1. The van der Waals surface area contributed by atoms with Gasteiger partial charge in [-0.25, -0.2) is 0 Å². The van der Waals surface area contributed by atoms with Gasteiger partial charge in [0.05, 0.1) is 13.2 Å². The first-order valence-corrected chi connectivity index (χ1v) is 20.3. The minimum Gasteiger partial charge on any atom is -0.466 e. The number of methoxy groups -OCH3 is 1. The first-order chi connectivity index (χ1) is 23.5. The minimum atomic E-state index is -0.0419. The number of esters is 2. The topological polar surface area (TPSA) is 94.2 Å². The number of ether oxygens (including phenoxy) is 3. The van der Waals surface area contributed by atoms with Crippen LogP contribution in [0.3, 0.4) is 0 Å². The lowest BCUT2D eigenvalue weighted by Crippen LogP contribution is -2.31. The molecule has 8 heteroatoms. The molecule has 0 aromatic rings. The van der Waals surface area contributed by atoms with Gasteiger partial charge in [-0.3, -0.25) is 14.4 Å². The van der Waals surface area contributed by atoms with Crippen LogP contribution in [0.4, 0.5) is 0 Å². The summed E-state index contributed by atoms with van der Waals surface area (Å²) in [5, 5.41) is 3.01. The summed E-state index contributed by atoms with van der Waals surface area (Å²) in [6.45, 7) is 11.5. The van der Waals surface area contributed by atoms with Crippen molar-refractivity contribution < 1.29 is 28.6 Å². The van der Waals surface area contributed by atoms with Gasteiger partial charge in [-0.1, -0.05) is 111 Å². The third-order valence-electron chi connectivity index (χ3n) is 9.04. The SMILES string of the molecule is CCCCCCCOC(=O)CCCCCCCN(CCCCCCCC(=O)OC(CCCC)CCCCC)CCCNC(=O)CCOC. The van der Waals surface area contributed by atoms with Crippen LogP contribution in [0.2, 0.25) is 0 Å². The quantitative estimate of drug-likeness (QED) is 0.0515. The molecule has 0 fully saturated rings. The van der Waals surface area contributed by atoms with E-state index in [9.17, 15) is 14.4 Å². The number of amides is 1. The monoisotopic (exact) mass is 683 g/mol. The Bertz CT molecular complexity index is 735. The van der Waals surface area contributed by atoms with Gasteiger partial charge in [0.15, 0.2) is 0 Å². The van der Waals surface area contributed by atoms with Crippen molar-refractivity contribution in [1.82, 2.24) is 10.2 Å². The number of nitrogens with zero attached hydrogens (tertiary/aromatic N) is 1. The van der Waals surface area contributed by atoms with E-state index in [2.05, 4.69) is 31.0 Å². The molecule has 0 rings (SSSR count). The highest BCUT2D eigenvalue weighted by molar-refractivity contribution is 5.75. The highest BCUT2D eigenvalue weighted by Crippen LogP contribution is 2.16. The second-order valence-corrected chi connectivity index (χ2v) is 13.7. The van der Waals surface area contributed by atoms with E-state index in [-0.39, 0.29) is 23.9 Å². The Morgan fingerprint density at radius 3 is 1.71 bits per heavy atom. The number of hydrogen-bond donors (Lipinski definition) is 1. The van der Waals surface area contributed by atoms with E-state index in [0.29, 0.717) is 39.0 Å². The molecule has 0 saturated heterocycles. The summed E-state index contributed by atoms with van der Waals surface area (Å²) < 4.78 is 16.2. The number of hydrogen-bond acceptors (Lipinski definition) is 7. The maximum Gasteiger partial charge on any atom is 0.306 e. The molecule has 0 aliphatic rings. The van der Waals surface area contributed by atoms with Crippen LogP contribution in [-0.2, 0) is 28.6 Å². The van der Waals surface area contributed by atoms with Gasteiger partial charge in [-0.15, -0.1) is 0 Å². The van der Waals surface area contributed by atoms with Crippen LogP contribution in [0.15, 0.2) is 0 Å². The Labute approximate surface area is 296 Å². The van der Waals surface area contributed by atoms with Crippen LogP contribution in [0.1, 0.15) is 188 Å². The molecule has 0 spiro atoms. The molecule has 0 heterocycles. The Kier molecular flexibility index (Phi) is 35.3. The lowest BCUT2D eigenvalue weighted by atomic mass is 10.1. The maximum absolute atomic E-state index is 12.5. The van der Waals surface area contributed by atoms with Gasteiger partial charge in [0.1, 0.15) is 6.10 Å². The molecule has 0 saturated carbocycles. The van der Waals surface area contributed by atoms with Crippen molar-refractivity contribution in [3.63, 3.8) is 0 Å². The zero-order valence-electron chi connectivity index (χ0n) is 32.1. The molecule has 1 atom stereocenters. The largest absolute Gasteiger partial charge is 0.466 e. The average Bonchev–Trinajstić information content (AvgIpc) is 3.08. The van der Waals surface area contributed by atoms with E-state index >= 15 is 0 Å². The maximum atomic E-state index is 12.5. The molecule has 0 radical (unpaired) electrons. The predicted octanol–water partition coefficient (Wildman–Crippen LogP) is 9.71. The number of carbonyl (C=O) groups excluding carboxylic acids is 3. The fourth-order valence-electron chi connectivity index (χ4n) is 5.94. The van der Waals surface area contributed by atoms with Crippen LogP contribution in [-0.4, -0.2) is 75.4 Å². The summed E-state index contributed by atoms with van der Waals surface area (Å²) in [7, 11) is 1.62. The van der Waals surface area contributed by atoms with Crippen molar-refractivity contribution in [1.29, 1.82) is 0 Å². The molecule has 0 aliphatic carbocycles. The fraction of sp³-hybridized carbons (Fsp3) is 0.925. The second-order valence-electron chi connectivity index (χ2n) is 13.7. The summed E-state index contributed by atoms with van der Waals surface area (Å²) in [5.41, 5.74) is 0. The van der Waals surface area contributed by atoms with E-state index in [4.69, 9.17) is 14.2 Å². The molecule has 1 amide bonds. The van der Waals surface area contributed by atoms with Gasteiger partial charge in [0, 0.05) is 32.9 Å². The number of carbonyl (C=O) groups is 3. The molecule has 0 aromatic carbocycles. The van der Waals surface area contributed by atoms with Crippen molar-refractivity contribution in [2.45, 2.75) is 194 Å². The van der Waals surface area contributed by atoms with Crippen molar-refractivity contribution in [2.75, 3.05) is 46.5 Å². The molecular weight excluding hydrogens is 604 g/mol. The van der Waals surface area contributed by atoms with Gasteiger partial charge in [-0.2, -0.15) is 0 Å². The van der Waals surface area contributed by atoms with Crippen molar-refractivity contribution in [3.05, 3.63) is 0 Å². The Balaban J connectivity index is 4.25. The number of unbranched alkanes of at least 4 members (excludes halogenated alkanes) is 15. The van der Waals surface area contributed by atoms with E-state index in [0.717, 1.165) is 122 Å². The van der Waals surface area contributed by atoms with Crippen LogP contribution in [0, 0.1) is 0 Å². The zero-order chi connectivity index (χ0) is 35.3. The van der Waals surface area contributed by atoms with Crippen LogP contribution < -0.4 is 5.32 Å². The Morgan fingerprint density at radius 1 is 0.542 bits per heavy atom. The molecule has 0 aromatic heterocycles. The fourth-order valence-corrected chi connectivity index (χ4v) is 5.94. The van der Waals surface area contributed by atoms with Crippen molar-refractivity contribution in [3.8, 4) is 0 Å². The average molecular weight is 683 g/mol. The Hall–Kier alpha value is -1.67. The summed E-state index contributed by atoms with van der Waals surface area (Å²) >= 11 is 0. The predicted molar refractivity (Wildman–Crippen MR) is 199 cm³/mol. The lowest BCUT2D eigenvalue weighted by Gasteiger charge is -2.22. The minimum absolute atomic E-state index is 0.0128. The summed E-state index contributed by atoms with van der Waals surface area (Å²) in [5.74, 6) is -0.00272. The third kappa shape index (κ3) is 32.9. The first-order valence-electron chi connectivity index (χ1n) is 20.3. The standard InChI is InChI=1S/C40H78N2O6/c1-5-8-11-18-24-35-47-39(44)28-20-14-12-16-22-32-42(34-25-31-41-38(43)30-36-46-4)33-23-17-13-15-21-29-40(45)48-37(26-10-7-3)27-19-9-6-2/h37H,5-36H2,1-4H3,(H,41,43). The molecule has 8 nitrogen and oxygen atoms in total. The highest BCUT2D eigenvalue weighted by Gasteiger charge is 2.14. The summed E-state index contributed by atoms with van der Waals surface area (Å²) in [4.78, 5) is 38.9. The third-order valence-corrected chi connectivity index (χ3v) is 9.04. The van der Waals surface area contributed by atoms with E-state index in [1.165, 1.54) is 44.9 Å². The van der Waals surface area contributed by atoms with E-state index in [1.54, 1.807) is 7.11 Å². The van der Waals surface area contributed by atoms with E-state index in [1.807, 2.05) is 0 Å². The molecule has 1 unspecified atom stereocenters. The van der Waals surface area contributed by atoms with Crippen molar-refractivity contribution in [2.24, 2.45) is 0 Å². The molecule has 284 valence electrons. The first kappa shape index (κ1) is 46.3. The van der Waals surface area contributed by atoms with Gasteiger partial charge in [-0.05, 0) is 77.4 Å². The molecule has 0 bridgehead atoms. The summed E-state index contributed by atoms with van der Waals surface area (Å²) in [6.07, 6.45) is 27.1. The van der Waals surface area contributed by atoms with Crippen LogP contribution in [0.5, 0.6) is 0 Å². The highest BCUT2D eigenvalue weighted by atomic mass is 16.5. The Morgan fingerprint density at radius 2 is 1.06 bits per heavy atom. The molecular formula is C40H78N2O6. The smallest absolute Gasteiger partial charge is 0.306 e. The number of nitrogens with one attached hydrogen (secondary N) is 1. The van der Waals surface area contributed by atoms with Gasteiger partial charge in [0.2, 0.25) is 5.91 Å². The molecule has 0 aliphatic heterocycles. The lowest BCUT2D eigenvalue weighted by molar-refractivity contribution is -0.150. The van der Waals surface area contributed by atoms with E-state index < -0.39 is 0 Å². The second kappa shape index (κ2) is 36.6. The normalized spacial score (nSPS) is 11.9. The molecule has 48 heavy (non-hydrogen) atoms. The van der Waals surface area contributed by atoms with Crippen LogP contribution >= 0.6 is 0 Å². The number of rotatable bonds is 37. The van der Waals surface area contributed by atoms with Crippen LogP contribution in [0.25, 0.3) is 0 Å². The van der Waals surface area contributed by atoms with Gasteiger partial charge >= 0.3 is 11.9 Å². The van der Waals surface area contributed by atoms with Gasteiger partial charge in [0.25, 0.3) is 0 Å². The van der Waals surface area contributed by atoms with Crippen molar-refractivity contribution >= 4 is 17.8 Å². The summed E-state index contributed by atoms with van der Waals surface area (Å²) in [6, 6.07) is 0. The molecule has 1 N–H and O–H groups in total.